The third-order valence-electron chi connectivity index (χ3n) is 4.72. The molecule has 1 aromatic carbocycles. The first-order valence-electron chi connectivity index (χ1n) is 7.21. The molecule has 2 saturated heterocycles. The van der Waals surface area contributed by atoms with E-state index in [-0.39, 0.29) is 5.91 Å². The lowest BCUT2D eigenvalue weighted by molar-refractivity contribution is -0.118. The molecule has 0 aliphatic carbocycles. The number of hydrogen-bond acceptors (Lipinski definition) is 4. The van der Waals surface area contributed by atoms with E-state index in [9.17, 15) is 4.79 Å². The molecule has 3 aliphatic rings. The van der Waals surface area contributed by atoms with Crippen molar-refractivity contribution >= 4 is 17.3 Å². The molecule has 4 rings (SSSR count). The molecule has 3 unspecified atom stereocenters. The molecule has 20 heavy (non-hydrogen) atoms. The lowest BCUT2D eigenvalue weighted by Crippen LogP contribution is -2.42. The molecule has 106 valence electrons. The Hall–Kier alpha value is -1.59. The quantitative estimate of drug-likeness (QED) is 0.830. The summed E-state index contributed by atoms with van der Waals surface area (Å²) in [5.41, 5.74) is 8.97. The fourth-order valence-electron chi connectivity index (χ4n) is 3.57. The van der Waals surface area contributed by atoms with E-state index in [1.807, 2.05) is 6.07 Å². The van der Waals surface area contributed by atoms with E-state index in [4.69, 9.17) is 10.5 Å². The highest BCUT2D eigenvalue weighted by atomic mass is 16.5. The Bertz CT molecular complexity index is 562. The van der Waals surface area contributed by atoms with E-state index in [1.165, 1.54) is 0 Å². The molecule has 1 aromatic rings. The number of morpholine rings is 1. The minimum Gasteiger partial charge on any atom is -0.371 e. The van der Waals surface area contributed by atoms with Gasteiger partial charge in [0.05, 0.1) is 17.9 Å². The number of anilines is 2. The van der Waals surface area contributed by atoms with Gasteiger partial charge in [0.25, 0.3) is 0 Å². The molecule has 5 heteroatoms. The second kappa shape index (κ2) is 4.20. The van der Waals surface area contributed by atoms with Crippen molar-refractivity contribution in [3.8, 4) is 0 Å². The van der Waals surface area contributed by atoms with Crippen molar-refractivity contribution < 1.29 is 9.53 Å². The summed E-state index contributed by atoms with van der Waals surface area (Å²) in [6.07, 6.45) is 3.05. The summed E-state index contributed by atoms with van der Waals surface area (Å²) < 4.78 is 5.87. The number of fused-ring (bicyclic) bond motifs is 3. The first-order chi connectivity index (χ1) is 9.63. The van der Waals surface area contributed by atoms with Crippen LogP contribution in [0.5, 0.6) is 0 Å². The largest absolute Gasteiger partial charge is 0.371 e. The Balaban J connectivity index is 1.66. The van der Waals surface area contributed by atoms with Crippen LogP contribution in [0.4, 0.5) is 11.4 Å². The highest BCUT2D eigenvalue weighted by Gasteiger charge is 2.36. The van der Waals surface area contributed by atoms with Crippen molar-refractivity contribution in [1.82, 2.24) is 0 Å². The molecule has 2 bridgehead atoms. The van der Waals surface area contributed by atoms with E-state index >= 15 is 0 Å². The Kier molecular flexibility index (Phi) is 2.56. The van der Waals surface area contributed by atoms with Gasteiger partial charge < -0.3 is 20.3 Å². The maximum absolute atomic E-state index is 11.9. The third kappa shape index (κ3) is 1.66. The van der Waals surface area contributed by atoms with Crippen molar-refractivity contribution in [2.75, 3.05) is 29.9 Å². The van der Waals surface area contributed by atoms with Crippen LogP contribution in [0.25, 0.3) is 0 Å². The number of carbonyl (C=O) groups excluding carboxylic acids is 1. The van der Waals surface area contributed by atoms with Crippen LogP contribution in [0.15, 0.2) is 18.2 Å². The van der Waals surface area contributed by atoms with Gasteiger partial charge in [-0.25, -0.2) is 0 Å². The van der Waals surface area contributed by atoms with Gasteiger partial charge in [0.15, 0.2) is 0 Å². The first-order valence-corrected chi connectivity index (χ1v) is 7.21. The summed E-state index contributed by atoms with van der Waals surface area (Å²) >= 11 is 0. The number of benzene rings is 1. The predicted molar refractivity (Wildman–Crippen MR) is 76.9 cm³/mol. The lowest BCUT2D eigenvalue weighted by atomic mass is 10.1. The number of likely N-dealkylation sites (N-methyl/N-ethyl adjacent to an activating group) is 1. The minimum atomic E-state index is -0.509. The van der Waals surface area contributed by atoms with Gasteiger partial charge in [0.1, 0.15) is 6.04 Å². The first kappa shape index (κ1) is 12.2. The van der Waals surface area contributed by atoms with Gasteiger partial charge in [-0.1, -0.05) is 6.07 Å². The molecule has 3 atom stereocenters. The summed E-state index contributed by atoms with van der Waals surface area (Å²) in [6, 6.07) is 5.65. The average molecular weight is 273 g/mol. The molecule has 0 aromatic heterocycles. The highest BCUT2D eigenvalue weighted by molar-refractivity contribution is 6.04. The van der Waals surface area contributed by atoms with E-state index in [2.05, 4.69) is 17.0 Å². The number of hydrogen-bond donors (Lipinski definition) is 1. The molecule has 1 amide bonds. The molecule has 3 aliphatic heterocycles. The Morgan fingerprint density at radius 1 is 1.25 bits per heavy atom. The van der Waals surface area contributed by atoms with Crippen LogP contribution < -0.4 is 15.5 Å². The molecule has 0 saturated carbocycles. The van der Waals surface area contributed by atoms with Gasteiger partial charge in [0.2, 0.25) is 5.91 Å². The van der Waals surface area contributed by atoms with E-state index in [1.54, 1.807) is 11.9 Å². The fraction of sp³-hybridized carbons (Fsp3) is 0.533. The summed E-state index contributed by atoms with van der Waals surface area (Å²) in [5.74, 6) is -0.0285. The molecule has 0 spiro atoms. The van der Waals surface area contributed by atoms with Gasteiger partial charge in [-0.3, -0.25) is 4.79 Å². The van der Waals surface area contributed by atoms with Crippen molar-refractivity contribution in [1.29, 1.82) is 0 Å². The average Bonchev–Trinajstić information content (AvgIpc) is 2.91. The van der Waals surface area contributed by atoms with E-state index < -0.39 is 6.04 Å². The van der Waals surface area contributed by atoms with Crippen molar-refractivity contribution in [3.05, 3.63) is 23.8 Å². The topological polar surface area (TPSA) is 58.8 Å². The third-order valence-corrected chi connectivity index (χ3v) is 4.72. The van der Waals surface area contributed by atoms with Crippen LogP contribution in [-0.2, 0) is 9.53 Å². The zero-order valence-corrected chi connectivity index (χ0v) is 11.6. The van der Waals surface area contributed by atoms with Crippen LogP contribution in [-0.4, -0.2) is 38.3 Å². The highest BCUT2D eigenvalue weighted by Crippen LogP contribution is 2.38. The Morgan fingerprint density at radius 2 is 1.95 bits per heavy atom. The number of nitrogens with two attached hydrogens (primary N) is 1. The Labute approximate surface area is 118 Å². The fourth-order valence-corrected chi connectivity index (χ4v) is 3.57. The second-order valence-corrected chi connectivity index (χ2v) is 5.98. The lowest BCUT2D eigenvalue weighted by Gasteiger charge is -2.34. The van der Waals surface area contributed by atoms with E-state index in [0.717, 1.165) is 42.9 Å². The number of rotatable bonds is 1. The summed E-state index contributed by atoms with van der Waals surface area (Å²) in [7, 11) is 1.79. The number of nitrogens with zero attached hydrogens (tertiary/aromatic N) is 2. The molecular formula is C15H19N3O2. The van der Waals surface area contributed by atoms with Gasteiger partial charge in [0, 0.05) is 31.4 Å². The number of carbonyl (C=O) groups is 1. The Morgan fingerprint density at radius 3 is 2.65 bits per heavy atom. The smallest absolute Gasteiger partial charge is 0.248 e. The van der Waals surface area contributed by atoms with Crippen molar-refractivity contribution in [3.63, 3.8) is 0 Å². The number of ether oxygens (including phenoxy) is 1. The van der Waals surface area contributed by atoms with Gasteiger partial charge in [-0.15, -0.1) is 0 Å². The van der Waals surface area contributed by atoms with Crippen LogP contribution in [0.1, 0.15) is 24.4 Å². The predicted octanol–water partition coefficient (Wildman–Crippen LogP) is 1.03. The van der Waals surface area contributed by atoms with Crippen molar-refractivity contribution in [2.24, 2.45) is 5.73 Å². The number of amides is 1. The molecular weight excluding hydrogens is 254 g/mol. The summed E-state index contributed by atoms with van der Waals surface area (Å²) in [5, 5.41) is 0. The zero-order valence-electron chi connectivity index (χ0n) is 11.6. The maximum atomic E-state index is 11.9. The van der Waals surface area contributed by atoms with Crippen LogP contribution in [0.2, 0.25) is 0 Å². The van der Waals surface area contributed by atoms with Gasteiger partial charge in [-0.2, -0.15) is 0 Å². The molecule has 2 N–H and O–H groups in total. The zero-order chi connectivity index (χ0) is 13.9. The van der Waals surface area contributed by atoms with Gasteiger partial charge in [-0.05, 0) is 25.0 Å². The molecule has 3 heterocycles. The maximum Gasteiger partial charge on any atom is 0.248 e. The molecule has 2 fully saturated rings. The van der Waals surface area contributed by atoms with Crippen molar-refractivity contribution in [2.45, 2.75) is 31.1 Å². The summed E-state index contributed by atoms with van der Waals surface area (Å²) in [6.45, 7) is 1.89. The second-order valence-electron chi connectivity index (χ2n) is 5.98. The molecule has 5 nitrogen and oxygen atoms in total. The summed E-state index contributed by atoms with van der Waals surface area (Å²) in [4.78, 5) is 16.0. The monoisotopic (exact) mass is 273 g/mol. The SMILES string of the molecule is CN1C(=O)C(N)c2ccc(N3CC4CCC(C3)O4)cc21. The standard InChI is InChI=1S/C15H19N3O2/c1-17-13-6-9(2-5-12(13)14(16)15(17)19)18-7-10-3-4-11(8-18)20-10/h2,5-6,10-11,14H,3-4,7-8,16H2,1H3. The minimum absolute atomic E-state index is 0.0285. The van der Waals surface area contributed by atoms with E-state index in [0.29, 0.717) is 12.2 Å². The molecule has 0 radical (unpaired) electrons. The van der Waals surface area contributed by atoms with Crippen LogP contribution in [0, 0.1) is 0 Å². The van der Waals surface area contributed by atoms with Crippen LogP contribution in [0.3, 0.4) is 0 Å². The van der Waals surface area contributed by atoms with Crippen LogP contribution >= 0.6 is 0 Å². The van der Waals surface area contributed by atoms with Gasteiger partial charge >= 0.3 is 0 Å². The normalized spacial score (nSPS) is 31.9.